The van der Waals surface area contributed by atoms with Gasteiger partial charge >= 0.3 is 12.1 Å². The van der Waals surface area contributed by atoms with E-state index in [-0.39, 0.29) is 12.8 Å². The monoisotopic (exact) mass is 345 g/mol. The molecule has 0 saturated carbocycles. The summed E-state index contributed by atoms with van der Waals surface area (Å²) in [5, 5.41) is 12.4. The molecule has 1 amide bonds. The van der Waals surface area contributed by atoms with Crippen molar-refractivity contribution < 1.29 is 33.0 Å². The number of hydrogen-bond acceptors (Lipinski definition) is 5. The van der Waals surface area contributed by atoms with Crippen LogP contribution in [0.1, 0.15) is 32.8 Å². The number of alkyl carbamates (subject to hydrolysis) is 1. The van der Waals surface area contributed by atoms with Crippen molar-refractivity contribution in [2.24, 2.45) is 0 Å². The summed E-state index contributed by atoms with van der Waals surface area (Å²) in [7, 11) is 1.04. The zero-order valence-electron chi connectivity index (χ0n) is 14.0. The van der Waals surface area contributed by atoms with Crippen LogP contribution in [0.3, 0.4) is 0 Å². The van der Waals surface area contributed by atoms with Crippen molar-refractivity contribution in [1.29, 1.82) is 0 Å². The summed E-state index contributed by atoms with van der Waals surface area (Å²) in [6.07, 6.45) is -1.34. The van der Waals surface area contributed by atoms with Crippen molar-refractivity contribution in [3.63, 3.8) is 0 Å². The number of halogens is 2. The summed E-state index contributed by atoms with van der Waals surface area (Å²) in [6.45, 7) is 4.85. The van der Waals surface area contributed by atoms with E-state index in [0.717, 1.165) is 19.2 Å². The van der Waals surface area contributed by atoms with Gasteiger partial charge in [0.1, 0.15) is 5.60 Å². The normalized spacial score (nSPS) is 13.8. The fourth-order valence-electron chi connectivity index (χ4n) is 1.88. The second-order valence-electron chi connectivity index (χ2n) is 6.23. The van der Waals surface area contributed by atoms with Gasteiger partial charge in [0.15, 0.2) is 11.6 Å². The zero-order valence-corrected chi connectivity index (χ0v) is 14.0. The van der Waals surface area contributed by atoms with Crippen LogP contribution in [0.15, 0.2) is 18.2 Å². The number of rotatable bonds is 5. The highest BCUT2D eigenvalue weighted by Gasteiger charge is 2.40. The SMILES string of the molecule is COC(=O)C(O)(CCc1ccc(F)c(F)c1)NC(=O)OC(C)(C)C. The quantitative estimate of drug-likeness (QED) is 0.632. The number of nitrogens with one attached hydrogen (secondary N) is 1. The van der Waals surface area contributed by atoms with Gasteiger partial charge in [0, 0.05) is 6.42 Å². The fraction of sp³-hybridized carbons (Fsp3) is 0.500. The van der Waals surface area contributed by atoms with E-state index in [1.807, 2.05) is 5.32 Å². The van der Waals surface area contributed by atoms with Crippen LogP contribution < -0.4 is 5.32 Å². The van der Waals surface area contributed by atoms with Gasteiger partial charge < -0.3 is 14.6 Å². The first-order chi connectivity index (χ1) is 11.0. The average molecular weight is 345 g/mol. The van der Waals surface area contributed by atoms with Crippen molar-refractivity contribution >= 4 is 12.1 Å². The van der Waals surface area contributed by atoms with Crippen LogP contribution in [0, 0.1) is 11.6 Å². The number of hydrogen-bond donors (Lipinski definition) is 2. The van der Waals surface area contributed by atoms with Crippen LogP contribution in [0.4, 0.5) is 13.6 Å². The van der Waals surface area contributed by atoms with Gasteiger partial charge in [0.05, 0.1) is 7.11 Å². The van der Waals surface area contributed by atoms with E-state index in [2.05, 4.69) is 4.74 Å². The van der Waals surface area contributed by atoms with Gasteiger partial charge in [-0.2, -0.15) is 0 Å². The Morgan fingerprint density at radius 1 is 1.21 bits per heavy atom. The first kappa shape index (κ1) is 19.8. The van der Waals surface area contributed by atoms with Gasteiger partial charge in [0.2, 0.25) is 5.72 Å². The molecular weight excluding hydrogens is 324 g/mol. The lowest BCUT2D eigenvalue weighted by Gasteiger charge is -2.28. The number of carbonyl (C=O) groups excluding carboxylic acids is 2. The van der Waals surface area contributed by atoms with Crippen LogP contribution in [0.25, 0.3) is 0 Å². The standard InChI is InChI=1S/C16H21F2NO5/c1-15(2,3)24-14(21)19-16(22,13(20)23-4)8-7-10-5-6-11(17)12(18)9-10/h5-6,9,22H,7-8H2,1-4H3,(H,19,21). The lowest BCUT2D eigenvalue weighted by molar-refractivity contribution is -0.166. The van der Waals surface area contributed by atoms with Crippen molar-refractivity contribution in [2.45, 2.75) is 44.9 Å². The number of aryl methyl sites for hydroxylation is 1. The molecule has 1 aromatic rings. The van der Waals surface area contributed by atoms with Crippen LogP contribution in [0.5, 0.6) is 0 Å². The molecule has 2 N–H and O–H groups in total. The lowest BCUT2D eigenvalue weighted by Crippen LogP contribution is -2.56. The Balaban J connectivity index is 2.85. The van der Waals surface area contributed by atoms with Gasteiger partial charge in [-0.15, -0.1) is 0 Å². The van der Waals surface area contributed by atoms with E-state index in [1.54, 1.807) is 20.8 Å². The van der Waals surface area contributed by atoms with Crippen LogP contribution in [0.2, 0.25) is 0 Å². The summed E-state index contributed by atoms with van der Waals surface area (Å²) < 4.78 is 35.6. The third kappa shape index (κ3) is 5.77. The first-order valence-corrected chi connectivity index (χ1v) is 7.23. The second kappa shape index (κ2) is 7.57. The first-order valence-electron chi connectivity index (χ1n) is 7.23. The van der Waals surface area contributed by atoms with E-state index >= 15 is 0 Å². The van der Waals surface area contributed by atoms with Gasteiger partial charge in [-0.3, -0.25) is 5.32 Å². The molecule has 1 aromatic carbocycles. The molecule has 24 heavy (non-hydrogen) atoms. The third-order valence-corrected chi connectivity index (χ3v) is 2.99. The smallest absolute Gasteiger partial charge is 0.410 e. The van der Waals surface area contributed by atoms with E-state index in [1.165, 1.54) is 6.07 Å². The molecule has 0 aliphatic rings. The fourth-order valence-corrected chi connectivity index (χ4v) is 1.88. The lowest BCUT2D eigenvalue weighted by atomic mass is 10.0. The highest BCUT2D eigenvalue weighted by Crippen LogP contribution is 2.17. The minimum Gasteiger partial charge on any atom is -0.465 e. The number of aliphatic hydroxyl groups is 1. The van der Waals surface area contributed by atoms with E-state index in [9.17, 15) is 23.5 Å². The Morgan fingerprint density at radius 3 is 2.33 bits per heavy atom. The molecule has 0 bridgehead atoms. The Hall–Kier alpha value is -2.22. The minimum absolute atomic E-state index is 0.0153. The topological polar surface area (TPSA) is 84.9 Å². The molecule has 1 atom stereocenters. The van der Waals surface area contributed by atoms with Crippen molar-refractivity contribution in [1.82, 2.24) is 5.32 Å². The van der Waals surface area contributed by atoms with Crippen LogP contribution in [-0.2, 0) is 20.7 Å². The largest absolute Gasteiger partial charge is 0.465 e. The van der Waals surface area contributed by atoms with E-state index < -0.39 is 35.0 Å². The number of methoxy groups -OCH3 is 1. The predicted molar refractivity (Wildman–Crippen MR) is 81.0 cm³/mol. The summed E-state index contributed by atoms with van der Waals surface area (Å²) in [5.41, 5.74) is -2.86. The molecule has 134 valence electrons. The molecule has 0 spiro atoms. The molecule has 1 rings (SSSR count). The maximum atomic E-state index is 13.2. The molecule has 8 heteroatoms. The zero-order chi connectivity index (χ0) is 18.5. The van der Waals surface area contributed by atoms with Crippen molar-refractivity contribution in [3.05, 3.63) is 35.4 Å². The summed E-state index contributed by atoms with van der Waals surface area (Å²) >= 11 is 0. The predicted octanol–water partition coefficient (Wildman–Crippen LogP) is 2.28. The summed E-state index contributed by atoms with van der Waals surface area (Å²) in [4.78, 5) is 23.6. The summed E-state index contributed by atoms with van der Waals surface area (Å²) in [5.74, 6) is -3.15. The number of esters is 1. The Kier molecular flexibility index (Phi) is 6.25. The molecule has 0 radical (unpaired) electrons. The van der Waals surface area contributed by atoms with Gasteiger partial charge in [-0.1, -0.05) is 6.07 Å². The molecule has 0 aliphatic heterocycles. The molecule has 0 heterocycles. The summed E-state index contributed by atoms with van der Waals surface area (Å²) in [6, 6.07) is 3.19. The Morgan fingerprint density at radius 2 is 1.83 bits per heavy atom. The Bertz CT molecular complexity index is 615. The van der Waals surface area contributed by atoms with E-state index in [0.29, 0.717) is 5.56 Å². The number of ether oxygens (including phenoxy) is 2. The average Bonchev–Trinajstić information content (AvgIpc) is 2.45. The van der Waals surface area contributed by atoms with Crippen LogP contribution in [-0.4, -0.2) is 35.6 Å². The van der Waals surface area contributed by atoms with Crippen molar-refractivity contribution in [3.8, 4) is 0 Å². The number of carbonyl (C=O) groups is 2. The van der Waals surface area contributed by atoms with Gasteiger partial charge in [0.25, 0.3) is 0 Å². The van der Waals surface area contributed by atoms with Gasteiger partial charge in [-0.25, -0.2) is 18.4 Å². The number of amides is 1. The highest BCUT2D eigenvalue weighted by atomic mass is 19.2. The van der Waals surface area contributed by atoms with Gasteiger partial charge in [-0.05, 0) is 44.9 Å². The minimum atomic E-state index is -2.36. The molecular formula is C16H21F2NO5. The highest BCUT2D eigenvalue weighted by molar-refractivity contribution is 5.83. The van der Waals surface area contributed by atoms with Crippen LogP contribution >= 0.6 is 0 Å². The maximum Gasteiger partial charge on any atom is 0.410 e. The second-order valence-corrected chi connectivity index (χ2v) is 6.23. The maximum absolute atomic E-state index is 13.2. The molecule has 0 fully saturated rings. The third-order valence-electron chi connectivity index (χ3n) is 2.99. The molecule has 0 saturated heterocycles. The molecule has 6 nitrogen and oxygen atoms in total. The molecule has 0 aromatic heterocycles. The van der Waals surface area contributed by atoms with E-state index in [4.69, 9.17) is 4.74 Å². The number of benzene rings is 1. The Labute approximate surface area is 138 Å². The molecule has 0 aliphatic carbocycles. The molecule has 1 unspecified atom stereocenters. The van der Waals surface area contributed by atoms with Crippen molar-refractivity contribution in [2.75, 3.05) is 7.11 Å².